The number of amides is 1. The van der Waals surface area contributed by atoms with Gasteiger partial charge in [0.2, 0.25) is 0 Å². The molecular weight excluding hydrogens is 292 g/mol. The quantitative estimate of drug-likeness (QED) is 0.840. The van der Waals surface area contributed by atoms with Gasteiger partial charge in [0.1, 0.15) is 0 Å². The fraction of sp³-hybridized carbons (Fsp3) is 0.222. The first-order chi connectivity index (χ1) is 10.6. The highest BCUT2D eigenvalue weighted by Gasteiger charge is 2.09. The van der Waals surface area contributed by atoms with E-state index in [2.05, 4.69) is 24.5 Å². The van der Waals surface area contributed by atoms with Gasteiger partial charge in [0, 0.05) is 11.3 Å². The summed E-state index contributed by atoms with van der Waals surface area (Å²) in [6.45, 7) is 4.16. The number of hydrogen-bond donors (Lipinski definition) is 2. The second-order valence-electron chi connectivity index (χ2n) is 4.97. The minimum Gasteiger partial charge on any atom is -0.332 e. The third-order valence-electron chi connectivity index (χ3n) is 3.50. The molecule has 0 bridgehead atoms. The largest absolute Gasteiger partial charge is 0.332 e. The summed E-state index contributed by atoms with van der Waals surface area (Å²) in [6.07, 6.45) is 1.86. The summed E-state index contributed by atoms with van der Waals surface area (Å²) in [5, 5.41) is 6.11. The molecule has 0 atom stereocenters. The number of thiocarbonyl (C=S) groups is 1. The van der Waals surface area contributed by atoms with E-state index in [4.69, 9.17) is 12.2 Å². The fourth-order valence-corrected chi connectivity index (χ4v) is 2.37. The maximum Gasteiger partial charge on any atom is 0.257 e. The molecule has 4 heteroatoms. The van der Waals surface area contributed by atoms with Crippen LogP contribution in [0.25, 0.3) is 0 Å². The molecule has 0 aliphatic rings. The van der Waals surface area contributed by atoms with Gasteiger partial charge in [-0.1, -0.05) is 44.2 Å². The average molecular weight is 312 g/mol. The smallest absolute Gasteiger partial charge is 0.257 e. The zero-order valence-electron chi connectivity index (χ0n) is 12.8. The molecule has 0 saturated carbocycles. The van der Waals surface area contributed by atoms with Crippen molar-refractivity contribution >= 4 is 28.9 Å². The lowest BCUT2D eigenvalue weighted by atomic mass is 10.1. The predicted molar refractivity (Wildman–Crippen MR) is 95.3 cm³/mol. The first-order valence-corrected chi connectivity index (χ1v) is 7.84. The van der Waals surface area contributed by atoms with Gasteiger partial charge in [0.15, 0.2) is 5.11 Å². The third-order valence-corrected chi connectivity index (χ3v) is 3.70. The van der Waals surface area contributed by atoms with Crippen molar-refractivity contribution in [3.05, 3.63) is 65.2 Å². The van der Waals surface area contributed by atoms with Crippen LogP contribution in [0.2, 0.25) is 0 Å². The molecule has 2 aromatic carbocycles. The van der Waals surface area contributed by atoms with Crippen LogP contribution >= 0.6 is 12.2 Å². The highest BCUT2D eigenvalue weighted by Crippen LogP contribution is 2.15. The molecule has 0 aromatic heterocycles. The van der Waals surface area contributed by atoms with Crippen LogP contribution in [0.5, 0.6) is 0 Å². The van der Waals surface area contributed by atoms with Gasteiger partial charge in [0.05, 0.1) is 0 Å². The Bertz CT molecular complexity index is 665. The standard InChI is InChI=1S/C18H20N2OS/c1-3-13-9-11-15(12-10-13)17(21)20-18(22)19-16-8-6-5-7-14(16)4-2/h5-12H,3-4H2,1-2H3,(H2,19,20,21,22). The topological polar surface area (TPSA) is 41.1 Å². The zero-order valence-corrected chi connectivity index (χ0v) is 13.7. The number of hydrogen-bond acceptors (Lipinski definition) is 2. The summed E-state index contributed by atoms with van der Waals surface area (Å²) in [5.74, 6) is -0.200. The molecule has 114 valence electrons. The van der Waals surface area contributed by atoms with Gasteiger partial charge in [0.25, 0.3) is 5.91 Å². The van der Waals surface area contributed by atoms with Crippen molar-refractivity contribution in [1.29, 1.82) is 0 Å². The number of nitrogens with one attached hydrogen (secondary N) is 2. The summed E-state index contributed by atoms with van der Waals surface area (Å²) in [6, 6.07) is 15.5. The van der Waals surface area contributed by atoms with Crippen LogP contribution in [-0.2, 0) is 12.8 Å². The van der Waals surface area contributed by atoms with Crippen LogP contribution in [0.4, 0.5) is 5.69 Å². The van der Waals surface area contributed by atoms with Gasteiger partial charge in [-0.2, -0.15) is 0 Å². The summed E-state index contributed by atoms with van der Waals surface area (Å²) in [4.78, 5) is 12.2. The lowest BCUT2D eigenvalue weighted by molar-refractivity contribution is 0.0977. The first kappa shape index (κ1) is 16.2. The van der Waals surface area contributed by atoms with E-state index in [0.29, 0.717) is 10.7 Å². The Morgan fingerprint density at radius 1 is 1.00 bits per heavy atom. The molecule has 0 unspecified atom stereocenters. The molecule has 0 aliphatic carbocycles. The van der Waals surface area contributed by atoms with Crippen LogP contribution in [0.15, 0.2) is 48.5 Å². The minimum absolute atomic E-state index is 0.200. The van der Waals surface area contributed by atoms with E-state index >= 15 is 0 Å². The monoisotopic (exact) mass is 312 g/mol. The zero-order chi connectivity index (χ0) is 15.9. The molecule has 0 aliphatic heterocycles. The highest BCUT2D eigenvalue weighted by atomic mass is 32.1. The van der Waals surface area contributed by atoms with E-state index in [9.17, 15) is 4.79 Å². The number of para-hydroxylation sites is 1. The number of carbonyl (C=O) groups excluding carboxylic acids is 1. The predicted octanol–water partition coefficient (Wildman–Crippen LogP) is 3.94. The van der Waals surface area contributed by atoms with Gasteiger partial charge in [-0.15, -0.1) is 0 Å². The Morgan fingerprint density at radius 2 is 1.68 bits per heavy atom. The first-order valence-electron chi connectivity index (χ1n) is 7.43. The third kappa shape index (κ3) is 4.15. The second kappa shape index (κ2) is 7.71. The number of carbonyl (C=O) groups is 1. The molecule has 0 fully saturated rings. The SMILES string of the molecule is CCc1ccc(C(=O)NC(=S)Nc2ccccc2CC)cc1. The van der Waals surface area contributed by atoms with E-state index in [0.717, 1.165) is 24.1 Å². The van der Waals surface area contributed by atoms with Crippen molar-refractivity contribution < 1.29 is 4.79 Å². The number of rotatable bonds is 4. The highest BCUT2D eigenvalue weighted by molar-refractivity contribution is 7.80. The Labute approximate surface area is 136 Å². The van der Waals surface area contributed by atoms with E-state index in [1.807, 2.05) is 48.5 Å². The molecule has 0 saturated heterocycles. The summed E-state index contributed by atoms with van der Waals surface area (Å²) < 4.78 is 0. The van der Waals surface area contributed by atoms with E-state index in [1.165, 1.54) is 5.56 Å². The van der Waals surface area contributed by atoms with Crippen molar-refractivity contribution in [2.45, 2.75) is 26.7 Å². The van der Waals surface area contributed by atoms with Crippen molar-refractivity contribution in [3.63, 3.8) is 0 Å². The number of benzene rings is 2. The van der Waals surface area contributed by atoms with Gasteiger partial charge >= 0.3 is 0 Å². The Hall–Kier alpha value is -2.20. The molecule has 3 nitrogen and oxygen atoms in total. The van der Waals surface area contributed by atoms with Gasteiger partial charge in [-0.3, -0.25) is 10.1 Å². The molecule has 0 spiro atoms. The number of anilines is 1. The molecule has 0 heterocycles. The van der Waals surface area contributed by atoms with Crippen LogP contribution < -0.4 is 10.6 Å². The van der Waals surface area contributed by atoms with Crippen molar-refractivity contribution in [1.82, 2.24) is 5.32 Å². The molecule has 0 radical (unpaired) electrons. The van der Waals surface area contributed by atoms with Gasteiger partial charge in [-0.05, 0) is 54.4 Å². The van der Waals surface area contributed by atoms with E-state index in [1.54, 1.807) is 0 Å². The lowest BCUT2D eigenvalue weighted by Crippen LogP contribution is -2.34. The number of aryl methyl sites for hydroxylation is 2. The van der Waals surface area contributed by atoms with Crippen LogP contribution in [-0.4, -0.2) is 11.0 Å². The Balaban J connectivity index is 2.00. The molecule has 2 aromatic rings. The maximum atomic E-state index is 12.2. The van der Waals surface area contributed by atoms with Crippen molar-refractivity contribution in [2.75, 3.05) is 5.32 Å². The minimum atomic E-state index is -0.200. The van der Waals surface area contributed by atoms with Crippen LogP contribution in [0.1, 0.15) is 35.3 Å². The molecule has 2 N–H and O–H groups in total. The van der Waals surface area contributed by atoms with E-state index in [-0.39, 0.29) is 5.91 Å². The van der Waals surface area contributed by atoms with Crippen molar-refractivity contribution in [3.8, 4) is 0 Å². The maximum absolute atomic E-state index is 12.2. The second-order valence-corrected chi connectivity index (χ2v) is 5.38. The van der Waals surface area contributed by atoms with Crippen molar-refractivity contribution in [2.24, 2.45) is 0 Å². The van der Waals surface area contributed by atoms with Gasteiger partial charge in [-0.25, -0.2) is 0 Å². The fourth-order valence-electron chi connectivity index (χ4n) is 2.17. The van der Waals surface area contributed by atoms with Gasteiger partial charge < -0.3 is 5.32 Å². The molecule has 2 rings (SSSR count). The normalized spacial score (nSPS) is 10.1. The Morgan fingerprint density at radius 3 is 2.32 bits per heavy atom. The summed E-state index contributed by atoms with van der Waals surface area (Å²) >= 11 is 5.23. The Kier molecular flexibility index (Phi) is 5.67. The van der Waals surface area contributed by atoms with Crippen LogP contribution in [0.3, 0.4) is 0 Å². The molecule has 1 amide bonds. The summed E-state index contributed by atoms with van der Waals surface area (Å²) in [5.41, 5.74) is 3.89. The average Bonchev–Trinajstić information content (AvgIpc) is 2.55. The summed E-state index contributed by atoms with van der Waals surface area (Å²) in [7, 11) is 0. The van der Waals surface area contributed by atoms with Crippen LogP contribution in [0, 0.1) is 0 Å². The molecular formula is C18H20N2OS. The van der Waals surface area contributed by atoms with E-state index < -0.39 is 0 Å². The lowest BCUT2D eigenvalue weighted by Gasteiger charge is -2.12. The molecule has 22 heavy (non-hydrogen) atoms.